The molecule has 0 aromatic heterocycles. The fraction of sp³-hybridized carbons (Fsp3) is 0.575. The van der Waals surface area contributed by atoms with Crippen LogP contribution in [0.5, 0.6) is 0 Å². The van der Waals surface area contributed by atoms with E-state index >= 15 is 0 Å². The molecule has 0 radical (unpaired) electrons. The number of benzene rings is 2. The van der Waals surface area contributed by atoms with Crippen LogP contribution in [-0.2, 0) is 19.1 Å². The number of aliphatic hydroxyl groups is 1. The van der Waals surface area contributed by atoms with Crippen molar-refractivity contribution in [3.63, 3.8) is 0 Å². The number of hydrogen-bond acceptors (Lipinski definition) is 6. The molecular formula is C40H57NO6S. The highest BCUT2D eigenvalue weighted by atomic mass is 32.2. The van der Waals surface area contributed by atoms with Gasteiger partial charge in [-0.1, -0.05) is 145 Å². The van der Waals surface area contributed by atoms with E-state index in [0.717, 1.165) is 68.2 Å². The van der Waals surface area contributed by atoms with Gasteiger partial charge in [0.15, 0.2) is 5.60 Å². The highest BCUT2D eigenvalue weighted by Gasteiger charge is 2.60. The van der Waals surface area contributed by atoms with Crippen LogP contribution < -0.4 is 0 Å². The third kappa shape index (κ3) is 9.82. The lowest BCUT2D eigenvalue weighted by Gasteiger charge is -2.41. The smallest absolute Gasteiger partial charge is 0.336 e. The molecule has 2 N–H and O–H groups in total. The third-order valence-electron chi connectivity index (χ3n) is 9.33. The molecule has 1 aliphatic rings. The van der Waals surface area contributed by atoms with E-state index in [4.69, 9.17) is 4.74 Å². The van der Waals surface area contributed by atoms with E-state index in [1.54, 1.807) is 13.0 Å². The molecular weight excluding hydrogens is 623 g/mol. The SMILES string of the molecule is CCCCCCCOCCCCCCC=C[C@H](C(=O)N1C(=O)SC(c2ccccc2)(c2ccccc2)[C@@H]1C(C)C)[C@@](O)(CCC)C(=O)O. The molecule has 1 saturated heterocycles. The Balaban J connectivity index is 1.80. The maximum atomic E-state index is 14.6. The van der Waals surface area contributed by atoms with Gasteiger partial charge in [0.1, 0.15) is 0 Å². The number of amides is 2. The first-order valence-corrected chi connectivity index (χ1v) is 18.8. The topological polar surface area (TPSA) is 104 Å². The molecule has 2 aromatic rings. The van der Waals surface area contributed by atoms with Crippen molar-refractivity contribution in [2.75, 3.05) is 13.2 Å². The fourth-order valence-electron chi connectivity index (χ4n) is 6.87. The summed E-state index contributed by atoms with van der Waals surface area (Å²) < 4.78 is 4.85. The summed E-state index contributed by atoms with van der Waals surface area (Å²) in [6, 6.07) is 18.8. The maximum absolute atomic E-state index is 14.6. The van der Waals surface area contributed by atoms with Crippen LogP contribution in [0.3, 0.4) is 0 Å². The number of ether oxygens (including phenoxy) is 1. The minimum Gasteiger partial charge on any atom is -0.479 e. The van der Waals surface area contributed by atoms with Crippen molar-refractivity contribution >= 4 is 28.9 Å². The number of allylic oxidation sites excluding steroid dienone is 1. The Hall–Kier alpha value is -2.94. The van der Waals surface area contributed by atoms with E-state index in [1.807, 2.05) is 74.5 Å². The monoisotopic (exact) mass is 679 g/mol. The fourth-order valence-corrected chi connectivity index (χ4v) is 8.45. The van der Waals surface area contributed by atoms with Crippen LogP contribution in [0, 0.1) is 11.8 Å². The van der Waals surface area contributed by atoms with E-state index in [-0.39, 0.29) is 12.3 Å². The number of nitrogens with zero attached hydrogens (tertiary/aromatic N) is 1. The summed E-state index contributed by atoms with van der Waals surface area (Å²) in [4.78, 5) is 42.6. The summed E-state index contributed by atoms with van der Waals surface area (Å²) in [5, 5.41) is 21.5. The highest BCUT2D eigenvalue weighted by molar-refractivity contribution is 8.15. The number of hydrogen-bond donors (Lipinski definition) is 2. The van der Waals surface area contributed by atoms with E-state index < -0.39 is 39.4 Å². The van der Waals surface area contributed by atoms with Crippen LogP contribution in [0.4, 0.5) is 4.79 Å². The minimum atomic E-state index is -2.35. The molecule has 0 spiro atoms. The van der Waals surface area contributed by atoms with Gasteiger partial charge in [-0.3, -0.25) is 14.5 Å². The molecule has 8 heteroatoms. The van der Waals surface area contributed by atoms with E-state index in [1.165, 1.54) is 36.7 Å². The van der Waals surface area contributed by atoms with Gasteiger partial charge in [-0.05, 0) is 60.9 Å². The molecule has 3 atom stereocenters. The predicted molar refractivity (Wildman–Crippen MR) is 195 cm³/mol. The lowest BCUT2D eigenvalue weighted by atomic mass is 9.77. The zero-order valence-electron chi connectivity index (χ0n) is 29.4. The lowest BCUT2D eigenvalue weighted by Crippen LogP contribution is -2.56. The van der Waals surface area contributed by atoms with Crippen molar-refractivity contribution in [1.82, 2.24) is 4.90 Å². The summed E-state index contributed by atoms with van der Waals surface area (Å²) in [6.45, 7) is 9.52. The molecule has 0 bridgehead atoms. The first-order valence-electron chi connectivity index (χ1n) is 18.0. The molecule has 1 heterocycles. The van der Waals surface area contributed by atoms with Crippen LogP contribution >= 0.6 is 11.8 Å². The summed E-state index contributed by atoms with van der Waals surface area (Å²) in [6.07, 6.45) is 14.2. The zero-order chi connectivity index (χ0) is 35.0. The number of carbonyl (C=O) groups excluding carboxylic acids is 2. The Morgan fingerprint density at radius 2 is 1.42 bits per heavy atom. The van der Waals surface area contributed by atoms with Gasteiger partial charge in [0.05, 0.1) is 16.7 Å². The second kappa shape index (κ2) is 19.9. The summed E-state index contributed by atoms with van der Waals surface area (Å²) in [7, 11) is 0. The summed E-state index contributed by atoms with van der Waals surface area (Å²) >= 11 is 1.09. The number of rotatable bonds is 22. The second-order valence-corrected chi connectivity index (χ2v) is 14.5. The molecule has 264 valence electrons. The quantitative estimate of drug-likeness (QED) is 0.0944. The van der Waals surface area contributed by atoms with E-state index in [2.05, 4.69) is 6.92 Å². The number of carboxylic acid groups (broad SMARTS) is 1. The van der Waals surface area contributed by atoms with Crippen molar-refractivity contribution in [3.05, 3.63) is 83.9 Å². The normalized spacial score (nSPS) is 18.0. The van der Waals surface area contributed by atoms with E-state index in [0.29, 0.717) is 12.8 Å². The summed E-state index contributed by atoms with van der Waals surface area (Å²) in [5.41, 5.74) is -0.585. The second-order valence-electron chi connectivity index (χ2n) is 13.3. The number of unbranched alkanes of at least 4 members (excludes halogenated alkanes) is 8. The van der Waals surface area contributed by atoms with Crippen LogP contribution in [0.15, 0.2) is 72.8 Å². The molecule has 1 fully saturated rings. The third-order valence-corrected chi connectivity index (χ3v) is 10.7. The molecule has 2 aromatic carbocycles. The molecule has 7 nitrogen and oxygen atoms in total. The van der Waals surface area contributed by atoms with Gasteiger partial charge in [-0.2, -0.15) is 0 Å². The molecule has 1 aliphatic heterocycles. The minimum absolute atomic E-state index is 0.119. The number of aliphatic carboxylic acids is 1. The Labute approximate surface area is 292 Å². The molecule has 3 rings (SSSR count). The first-order chi connectivity index (χ1) is 23.1. The lowest BCUT2D eigenvalue weighted by molar-refractivity contribution is -0.169. The van der Waals surface area contributed by atoms with Gasteiger partial charge >= 0.3 is 5.97 Å². The average Bonchev–Trinajstić information content (AvgIpc) is 3.41. The number of carbonyl (C=O) groups is 3. The van der Waals surface area contributed by atoms with Crippen LogP contribution in [-0.4, -0.2) is 57.1 Å². The number of imide groups is 1. The van der Waals surface area contributed by atoms with Crippen molar-refractivity contribution in [1.29, 1.82) is 0 Å². The molecule has 48 heavy (non-hydrogen) atoms. The Morgan fingerprint density at radius 1 is 0.875 bits per heavy atom. The van der Waals surface area contributed by atoms with Gasteiger partial charge in [0.2, 0.25) is 5.91 Å². The number of thioether (sulfide) groups is 1. The van der Waals surface area contributed by atoms with E-state index in [9.17, 15) is 24.6 Å². The van der Waals surface area contributed by atoms with Crippen LogP contribution in [0.1, 0.15) is 116 Å². The van der Waals surface area contributed by atoms with Crippen molar-refractivity contribution < 1.29 is 29.3 Å². The highest BCUT2D eigenvalue weighted by Crippen LogP contribution is 2.56. The van der Waals surface area contributed by atoms with Gasteiger partial charge in [0.25, 0.3) is 5.24 Å². The van der Waals surface area contributed by atoms with Crippen molar-refractivity contribution in [3.8, 4) is 0 Å². The van der Waals surface area contributed by atoms with Gasteiger partial charge in [-0.15, -0.1) is 0 Å². The molecule has 0 unspecified atom stereocenters. The first kappa shape index (κ1) is 39.5. The van der Waals surface area contributed by atoms with Crippen molar-refractivity contribution in [2.24, 2.45) is 11.8 Å². The number of carboxylic acids is 1. The average molecular weight is 680 g/mol. The predicted octanol–water partition coefficient (Wildman–Crippen LogP) is 9.38. The zero-order valence-corrected chi connectivity index (χ0v) is 30.3. The summed E-state index contributed by atoms with van der Waals surface area (Å²) in [5.74, 6) is -3.74. The van der Waals surface area contributed by atoms with Gasteiger partial charge in [0, 0.05) is 13.2 Å². The van der Waals surface area contributed by atoms with Crippen LogP contribution in [0.2, 0.25) is 0 Å². The Kier molecular flexibility index (Phi) is 16.4. The van der Waals surface area contributed by atoms with Gasteiger partial charge in [-0.25, -0.2) is 4.79 Å². The van der Waals surface area contributed by atoms with Crippen molar-refractivity contribution in [2.45, 2.75) is 121 Å². The Bertz CT molecular complexity index is 1260. The Morgan fingerprint density at radius 3 is 1.92 bits per heavy atom. The van der Waals surface area contributed by atoms with Crippen LogP contribution in [0.25, 0.3) is 0 Å². The van der Waals surface area contributed by atoms with Gasteiger partial charge < -0.3 is 14.9 Å². The maximum Gasteiger partial charge on any atom is 0.336 e. The molecule has 0 aliphatic carbocycles. The molecule has 0 saturated carbocycles. The largest absolute Gasteiger partial charge is 0.479 e. The molecule has 2 amide bonds. The standard InChI is InChI=1S/C40H57NO6S/c1-5-7-8-12-21-29-47-30-22-13-10-9-11-20-27-34(39(46,28-6-2)37(43)44)36(42)41-35(31(3)4)40(48-38(41)45,32-23-16-14-17-24-32)33-25-18-15-19-26-33/h14-20,23-27,31,34-35,46H,5-13,21-22,28-30H2,1-4H3,(H,43,44)/t34-,35+,39+/m1/s1.